The molecule has 0 radical (unpaired) electrons. The molecule has 3 N–H and O–H groups in total. The summed E-state index contributed by atoms with van der Waals surface area (Å²) in [5.41, 5.74) is 1.07. The number of hydrogen-bond donors (Lipinski definition) is 3. The Kier molecular flexibility index (Phi) is 5.39. The Morgan fingerprint density at radius 2 is 2.04 bits per heavy atom. The Morgan fingerprint density at radius 1 is 1.29 bits per heavy atom. The molecule has 0 saturated heterocycles. The van der Waals surface area contributed by atoms with E-state index in [1.165, 1.54) is 6.07 Å². The van der Waals surface area contributed by atoms with Gasteiger partial charge in [0.1, 0.15) is 5.82 Å². The minimum Gasteiger partial charge on any atom is -0.393 e. The van der Waals surface area contributed by atoms with Crippen molar-refractivity contribution in [3.05, 3.63) is 35.6 Å². The fourth-order valence-electron chi connectivity index (χ4n) is 3.47. The van der Waals surface area contributed by atoms with Gasteiger partial charge in [0, 0.05) is 18.0 Å². The first-order chi connectivity index (χ1) is 11.6. The minimum absolute atomic E-state index is 0.00715. The van der Waals surface area contributed by atoms with Gasteiger partial charge in [-0.3, -0.25) is 4.99 Å². The van der Waals surface area contributed by atoms with Gasteiger partial charge in [-0.25, -0.2) is 4.39 Å². The van der Waals surface area contributed by atoms with Gasteiger partial charge in [0.25, 0.3) is 0 Å². The van der Waals surface area contributed by atoms with Crippen LogP contribution in [0.4, 0.5) is 4.39 Å². The zero-order chi connectivity index (χ0) is 17.0. The molecule has 1 aromatic carbocycles. The number of aliphatic hydroxyl groups excluding tert-OH is 1. The average molecular weight is 333 g/mol. The Hall–Kier alpha value is -1.62. The molecule has 0 atom stereocenters. The van der Waals surface area contributed by atoms with Crippen molar-refractivity contribution in [2.45, 2.75) is 63.0 Å². The highest BCUT2D eigenvalue weighted by Gasteiger charge is 2.44. The van der Waals surface area contributed by atoms with Gasteiger partial charge in [-0.15, -0.1) is 0 Å². The molecule has 0 aliphatic heterocycles. The number of benzene rings is 1. The van der Waals surface area contributed by atoms with E-state index in [4.69, 9.17) is 4.99 Å². The van der Waals surface area contributed by atoms with Gasteiger partial charge in [0.15, 0.2) is 5.96 Å². The van der Waals surface area contributed by atoms with Crippen LogP contribution in [0, 0.1) is 5.82 Å². The van der Waals surface area contributed by atoms with Crippen LogP contribution >= 0.6 is 0 Å². The summed E-state index contributed by atoms with van der Waals surface area (Å²) < 4.78 is 13.5. The molecule has 0 amide bonds. The molecule has 0 heterocycles. The largest absolute Gasteiger partial charge is 0.393 e. The summed E-state index contributed by atoms with van der Waals surface area (Å²) in [7, 11) is 0. The van der Waals surface area contributed by atoms with Crippen LogP contribution in [0.25, 0.3) is 0 Å². The fraction of sp³-hybridized carbons (Fsp3) is 0.632. The predicted molar refractivity (Wildman–Crippen MR) is 94.7 cm³/mol. The highest BCUT2D eigenvalue weighted by molar-refractivity contribution is 5.80. The van der Waals surface area contributed by atoms with Crippen molar-refractivity contribution in [1.29, 1.82) is 0 Å². The van der Waals surface area contributed by atoms with Crippen LogP contribution in [0.3, 0.4) is 0 Å². The van der Waals surface area contributed by atoms with E-state index in [1.807, 2.05) is 6.07 Å². The molecule has 0 aromatic heterocycles. The maximum absolute atomic E-state index is 13.5. The zero-order valence-corrected chi connectivity index (χ0v) is 14.4. The van der Waals surface area contributed by atoms with Crippen LogP contribution < -0.4 is 10.6 Å². The number of hydrogen-bond acceptors (Lipinski definition) is 2. The lowest BCUT2D eigenvalue weighted by Crippen LogP contribution is -2.45. The second-order valence-electron chi connectivity index (χ2n) is 7.14. The van der Waals surface area contributed by atoms with Crippen LogP contribution in [0.15, 0.2) is 29.3 Å². The van der Waals surface area contributed by atoms with E-state index in [-0.39, 0.29) is 17.3 Å². The molecule has 2 saturated carbocycles. The summed E-state index contributed by atoms with van der Waals surface area (Å²) >= 11 is 0. The van der Waals surface area contributed by atoms with Crippen molar-refractivity contribution in [3.8, 4) is 0 Å². The van der Waals surface area contributed by atoms with Gasteiger partial charge in [-0.2, -0.15) is 0 Å². The molecule has 132 valence electrons. The zero-order valence-electron chi connectivity index (χ0n) is 14.4. The van der Waals surface area contributed by atoms with Crippen molar-refractivity contribution in [2.24, 2.45) is 4.99 Å². The smallest absolute Gasteiger partial charge is 0.191 e. The molecule has 5 heteroatoms. The van der Waals surface area contributed by atoms with E-state index < -0.39 is 0 Å². The summed E-state index contributed by atoms with van der Waals surface area (Å²) in [4.78, 5) is 4.78. The second-order valence-corrected chi connectivity index (χ2v) is 7.14. The van der Waals surface area contributed by atoms with E-state index in [2.05, 4.69) is 17.6 Å². The van der Waals surface area contributed by atoms with Gasteiger partial charge < -0.3 is 15.7 Å². The Morgan fingerprint density at radius 3 is 2.67 bits per heavy atom. The fourth-order valence-corrected chi connectivity index (χ4v) is 3.47. The van der Waals surface area contributed by atoms with Gasteiger partial charge in [0.2, 0.25) is 0 Å². The summed E-state index contributed by atoms with van der Waals surface area (Å²) in [5, 5.41) is 16.4. The first-order valence-electron chi connectivity index (χ1n) is 9.10. The van der Waals surface area contributed by atoms with Gasteiger partial charge in [-0.05, 0) is 63.1 Å². The summed E-state index contributed by atoms with van der Waals surface area (Å²) in [6, 6.07) is 7.30. The predicted octanol–water partition coefficient (Wildman–Crippen LogP) is 2.72. The SMILES string of the molecule is CCNC(=NCC1(c2cccc(F)c2)CC1)NC1CCC(O)CC1. The molecule has 4 nitrogen and oxygen atoms in total. The second kappa shape index (κ2) is 7.51. The lowest BCUT2D eigenvalue weighted by atomic mass is 9.93. The van der Waals surface area contributed by atoms with Gasteiger partial charge in [-0.1, -0.05) is 12.1 Å². The summed E-state index contributed by atoms with van der Waals surface area (Å²) in [6.45, 7) is 3.55. The molecule has 0 bridgehead atoms. The molecule has 24 heavy (non-hydrogen) atoms. The van der Waals surface area contributed by atoms with Crippen LogP contribution in [-0.2, 0) is 5.41 Å². The molecule has 1 aromatic rings. The quantitative estimate of drug-likeness (QED) is 0.574. The van der Waals surface area contributed by atoms with E-state index in [9.17, 15) is 9.50 Å². The van der Waals surface area contributed by atoms with Gasteiger partial charge >= 0.3 is 0 Å². The van der Waals surface area contributed by atoms with Crippen LogP contribution in [-0.4, -0.2) is 36.3 Å². The lowest BCUT2D eigenvalue weighted by Gasteiger charge is -2.28. The minimum atomic E-state index is -0.173. The van der Waals surface area contributed by atoms with E-state index in [0.717, 1.165) is 56.6 Å². The van der Waals surface area contributed by atoms with Crippen molar-refractivity contribution in [3.63, 3.8) is 0 Å². The highest BCUT2D eigenvalue weighted by Crippen LogP contribution is 2.48. The Labute approximate surface area is 143 Å². The number of aliphatic hydroxyl groups is 1. The monoisotopic (exact) mass is 333 g/mol. The Balaban J connectivity index is 1.63. The van der Waals surface area contributed by atoms with Crippen LogP contribution in [0.1, 0.15) is 51.0 Å². The summed E-state index contributed by atoms with van der Waals surface area (Å²) in [5.74, 6) is 0.662. The lowest BCUT2D eigenvalue weighted by molar-refractivity contribution is 0.120. The van der Waals surface area contributed by atoms with Crippen LogP contribution in [0.2, 0.25) is 0 Å². The van der Waals surface area contributed by atoms with Gasteiger partial charge in [0.05, 0.1) is 12.6 Å². The number of rotatable bonds is 5. The number of nitrogens with zero attached hydrogens (tertiary/aromatic N) is 1. The Bertz CT molecular complexity index is 578. The number of halogens is 1. The maximum Gasteiger partial charge on any atom is 0.191 e. The molecule has 2 aliphatic rings. The van der Waals surface area contributed by atoms with Crippen molar-refractivity contribution in [2.75, 3.05) is 13.1 Å². The molecular formula is C19H28FN3O. The van der Waals surface area contributed by atoms with Crippen molar-refractivity contribution < 1.29 is 9.50 Å². The topological polar surface area (TPSA) is 56.7 Å². The molecule has 2 aliphatic carbocycles. The molecular weight excluding hydrogens is 305 g/mol. The standard InChI is InChI=1S/C19H28FN3O/c1-2-21-18(23-16-6-8-17(24)9-7-16)22-13-19(10-11-19)14-4-3-5-15(20)12-14/h3-5,12,16-17,24H,2,6-11,13H2,1H3,(H2,21,22,23). The van der Waals surface area contributed by atoms with E-state index in [1.54, 1.807) is 12.1 Å². The first-order valence-corrected chi connectivity index (χ1v) is 9.10. The third kappa shape index (κ3) is 4.26. The molecule has 3 rings (SSSR count). The summed E-state index contributed by atoms with van der Waals surface area (Å²) in [6.07, 6.45) is 5.63. The van der Waals surface area contributed by atoms with Crippen LogP contribution in [0.5, 0.6) is 0 Å². The third-order valence-electron chi connectivity index (χ3n) is 5.21. The van der Waals surface area contributed by atoms with E-state index >= 15 is 0 Å². The first kappa shape index (κ1) is 17.2. The highest BCUT2D eigenvalue weighted by atomic mass is 19.1. The number of guanidine groups is 1. The number of aliphatic imine (C=N–C) groups is 1. The van der Waals surface area contributed by atoms with Crippen molar-refractivity contribution in [1.82, 2.24) is 10.6 Å². The third-order valence-corrected chi connectivity index (χ3v) is 5.21. The molecule has 0 unspecified atom stereocenters. The average Bonchev–Trinajstić information content (AvgIpc) is 3.36. The normalized spacial score (nSPS) is 26.0. The molecule has 0 spiro atoms. The molecule has 2 fully saturated rings. The van der Waals surface area contributed by atoms with Crippen molar-refractivity contribution >= 4 is 5.96 Å². The number of nitrogens with one attached hydrogen (secondary N) is 2. The maximum atomic E-state index is 13.5. The van der Waals surface area contributed by atoms with E-state index in [0.29, 0.717) is 12.6 Å².